The highest BCUT2D eigenvalue weighted by Gasteiger charge is 2.20. The molecule has 0 unspecified atom stereocenters. The molecule has 1 saturated carbocycles. The maximum Gasteiger partial charge on any atom is 0.357 e. The van der Waals surface area contributed by atoms with Crippen molar-refractivity contribution in [3.63, 3.8) is 0 Å². The van der Waals surface area contributed by atoms with E-state index in [9.17, 15) is 4.79 Å². The van der Waals surface area contributed by atoms with Crippen molar-refractivity contribution in [3.8, 4) is 0 Å². The minimum absolute atomic E-state index is 0.327. The van der Waals surface area contributed by atoms with Crippen LogP contribution in [0.2, 0.25) is 0 Å². The number of carbonyl (C=O) groups is 1. The van der Waals surface area contributed by atoms with E-state index in [1.165, 1.54) is 24.2 Å². The topological polar surface area (TPSA) is 51.2 Å². The van der Waals surface area contributed by atoms with Crippen LogP contribution in [0.1, 0.15) is 35.3 Å². The van der Waals surface area contributed by atoms with Crippen LogP contribution in [0.4, 0.5) is 0 Å². The fourth-order valence-electron chi connectivity index (χ4n) is 1.21. The molecular weight excluding hydrogens is 212 g/mol. The van der Waals surface area contributed by atoms with Gasteiger partial charge in [0.05, 0.1) is 6.61 Å². The zero-order chi connectivity index (χ0) is 10.7. The molecule has 1 aromatic rings. The lowest BCUT2D eigenvalue weighted by Crippen LogP contribution is -2.15. The molecule has 0 amide bonds. The molecule has 15 heavy (non-hydrogen) atoms. The molecule has 1 heterocycles. The first-order valence-electron chi connectivity index (χ1n) is 5.14. The van der Waals surface area contributed by atoms with Gasteiger partial charge in [0, 0.05) is 18.0 Å². The number of thiazole rings is 1. The molecule has 0 bridgehead atoms. The summed E-state index contributed by atoms with van der Waals surface area (Å²) in [5, 5.41) is 6.05. The van der Waals surface area contributed by atoms with E-state index in [1.54, 1.807) is 12.3 Å². The Labute approximate surface area is 92.7 Å². The summed E-state index contributed by atoms with van der Waals surface area (Å²) in [5.41, 5.74) is 0.425. The Balaban J connectivity index is 1.87. The third-order valence-electron chi connectivity index (χ3n) is 2.16. The minimum Gasteiger partial charge on any atom is -0.461 e. The summed E-state index contributed by atoms with van der Waals surface area (Å²) in [6.07, 6.45) is 2.52. The highest BCUT2D eigenvalue weighted by atomic mass is 32.1. The van der Waals surface area contributed by atoms with Crippen molar-refractivity contribution in [1.29, 1.82) is 0 Å². The van der Waals surface area contributed by atoms with Gasteiger partial charge in [-0.1, -0.05) is 0 Å². The van der Waals surface area contributed by atoms with Crippen molar-refractivity contribution >= 4 is 17.3 Å². The average Bonchev–Trinajstić information content (AvgIpc) is 2.93. The number of hydrogen-bond donors (Lipinski definition) is 1. The van der Waals surface area contributed by atoms with Gasteiger partial charge in [0.15, 0.2) is 5.69 Å². The SMILES string of the molecule is CCOC(=O)c1csc(CNC2CC2)n1. The lowest BCUT2D eigenvalue weighted by molar-refractivity contribution is 0.0520. The largest absolute Gasteiger partial charge is 0.461 e. The summed E-state index contributed by atoms with van der Waals surface area (Å²) in [7, 11) is 0. The monoisotopic (exact) mass is 226 g/mol. The van der Waals surface area contributed by atoms with Gasteiger partial charge >= 0.3 is 5.97 Å². The second-order valence-electron chi connectivity index (χ2n) is 3.50. The summed E-state index contributed by atoms with van der Waals surface area (Å²) < 4.78 is 4.86. The molecule has 0 saturated heterocycles. The van der Waals surface area contributed by atoms with E-state index in [0.717, 1.165) is 11.6 Å². The van der Waals surface area contributed by atoms with Gasteiger partial charge in [-0.15, -0.1) is 11.3 Å². The van der Waals surface area contributed by atoms with Crippen LogP contribution in [0.25, 0.3) is 0 Å². The van der Waals surface area contributed by atoms with Crippen molar-refractivity contribution in [2.45, 2.75) is 32.4 Å². The molecule has 1 fully saturated rings. The van der Waals surface area contributed by atoms with E-state index in [-0.39, 0.29) is 5.97 Å². The molecule has 0 aliphatic heterocycles. The Hall–Kier alpha value is -0.940. The van der Waals surface area contributed by atoms with Crippen LogP contribution in [-0.4, -0.2) is 23.6 Å². The average molecular weight is 226 g/mol. The van der Waals surface area contributed by atoms with Gasteiger partial charge < -0.3 is 10.1 Å². The number of nitrogens with zero attached hydrogens (tertiary/aromatic N) is 1. The first kappa shape index (κ1) is 10.6. The molecular formula is C10H14N2O2S. The molecule has 1 aliphatic carbocycles. The normalized spacial score (nSPS) is 15.3. The number of rotatable bonds is 5. The molecule has 1 aromatic heterocycles. The minimum atomic E-state index is -0.327. The van der Waals surface area contributed by atoms with Crippen molar-refractivity contribution in [3.05, 3.63) is 16.1 Å². The van der Waals surface area contributed by atoms with E-state index in [4.69, 9.17) is 4.74 Å². The summed E-state index contributed by atoms with van der Waals surface area (Å²) in [4.78, 5) is 15.5. The number of hydrogen-bond acceptors (Lipinski definition) is 5. The van der Waals surface area contributed by atoms with E-state index < -0.39 is 0 Å². The van der Waals surface area contributed by atoms with E-state index in [1.807, 2.05) is 0 Å². The van der Waals surface area contributed by atoms with Crippen LogP contribution in [-0.2, 0) is 11.3 Å². The van der Waals surface area contributed by atoms with Crippen molar-refractivity contribution < 1.29 is 9.53 Å². The molecule has 1 aliphatic rings. The van der Waals surface area contributed by atoms with Crippen LogP contribution in [0, 0.1) is 0 Å². The molecule has 5 heteroatoms. The molecule has 0 radical (unpaired) electrons. The zero-order valence-corrected chi connectivity index (χ0v) is 9.47. The first-order valence-corrected chi connectivity index (χ1v) is 6.02. The van der Waals surface area contributed by atoms with E-state index >= 15 is 0 Å². The second kappa shape index (κ2) is 4.72. The van der Waals surface area contributed by atoms with Gasteiger partial charge in [0.2, 0.25) is 0 Å². The maximum absolute atomic E-state index is 11.3. The van der Waals surface area contributed by atoms with Crippen LogP contribution >= 0.6 is 11.3 Å². The smallest absolute Gasteiger partial charge is 0.357 e. The third kappa shape index (κ3) is 3.00. The predicted octanol–water partition coefficient (Wildman–Crippen LogP) is 1.57. The molecule has 1 N–H and O–H groups in total. The molecule has 2 rings (SSSR count). The van der Waals surface area contributed by atoms with Crippen LogP contribution in [0.5, 0.6) is 0 Å². The number of esters is 1. The second-order valence-corrected chi connectivity index (χ2v) is 4.44. The van der Waals surface area contributed by atoms with E-state index in [0.29, 0.717) is 18.3 Å². The molecule has 0 atom stereocenters. The summed E-state index contributed by atoms with van der Waals surface area (Å²) >= 11 is 1.50. The standard InChI is InChI=1S/C10H14N2O2S/c1-2-14-10(13)8-6-15-9(12-8)5-11-7-3-4-7/h6-7,11H,2-5H2,1H3. The van der Waals surface area contributed by atoms with Crippen LogP contribution < -0.4 is 5.32 Å². The van der Waals surface area contributed by atoms with E-state index in [2.05, 4.69) is 10.3 Å². The van der Waals surface area contributed by atoms with Crippen molar-refractivity contribution in [2.24, 2.45) is 0 Å². The molecule has 82 valence electrons. The highest BCUT2D eigenvalue weighted by molar-refractivity contribution is 7.09. The number of ether oxygens (including phenoxy) is 1. The number of nitrogens with one attached hydrogen (secondary N) is 1. The third-order valence-corrected chi connectivity index (χ3v) is 3.00. The molecule has 0 aromatic carbocycles. The summed E-state index contributed by atoms with van der Waals surface area (Å²) in [5.74, 6) is -0.327. The van der Waals surface area contributed by atoms with Gasteiger partial charge in [-0.2, -0.15) is 0 Å². The molecule has 4 nitrogen and oxygen atoms in total. The fraction of sp³-hybridized carbons (Fsp3) is 0.600. The summed E-state index contributed by atoms with van der Waals surface area (Å²) in [6, 6.07) is 0.667. The van der Waals surface area contributed by atoms with Gasteiger partial charge in [-0.3, -0.25) is 0 Å². The maximum atomic E-state index is 11.3. The van der Waals surface area contributed by atoms with Gasteiger partial charge in [0.25, 0.3) is 0 Å². The van der Waals surface area contributed by atoms with Crippen molar-refractivity contribution in [1.82, 2.24) is 10.3 Å². The quantitative estimate of drug-likeness (QED) is 0.774. The first-order chi connectivity index (χ1) is 7.29. The predicted molar refractivity (Wildman–Crippen MR) is 57.9 cm³/mol. The number of aromatic nitrogens is 1. The Morgan fingerprint density at radius 2 is 2.53 bits per heavy atom. The Morgan fingerprint density at radius 1 is 1.73 bits per heavy atom. The van der Waals surface area contributed by atoms with Gasteiger partial charge in [0.1, 0.15) is 5.01 Å². The Kier molecular flexibility index (Phi) is 3.33. The summed E-state index contributed by atoms with van der Waals surface area (Å²) in [6.45, 7) is 2.95. The van der Waals surface area contributed by atoms with Crippen LogP contribution in [0.15, 0.2) is 5.38 Å². The Bertz CT molecular complexity index is 347. The fourth-order valence-corrected chi connectivity index (χ4v) is 1.92. The zero-order valence-electron chi connectivity index (χ0n) is 8.66. The highest BCUT2D eigenvalue weighted by Crippen LogP contribution is 2.20. The Morgan fingerprint density at radius 3 is 3.20 bits per heavy atom. The van der Waals surface area contributed by atoms with Crippen LogP contribution in [0.3, 0.4) is 0 Å². The van der Waals surface area contributed by atoms with Gasteiger partial charge in [-0.25, -0.2) is 9.78 Å². The van der Waals surface area contributed by atoms with Gasteiger partial charge in [-0.05, 0) is 19.8 Å². The number of carbonyl (C=O) groups excluding carboxylic acids is 1. The lowest BCUT2D eigenvalue weighted by atomic mass is 10.5. The van der Waals surface area contributed by atoms with Crippen molar-refractivity contribution in [2.75, 3.05) is 6.61 Å². The molecule has 0 spiro atoms. The lowest BCUT2D eigenvalue weighted by Gasteiger charge is -1.98.